The van der Waals surface area contributed by atoms with Crippen LogP contribution >= 0.6 is 0 Å². The molecule has 1 fully saturated rings. The Kier molecular flexibility index (Phi) is 5.28. The van der Waals surface area contributed by atoms with Crippen LogP contribution in [0.15, 0.2) is 54.6 Å². The van der Waals surface area contributed by atoms with Crippen LogP contribution in [0.4, 0.5) is 5.69 Å². The second-order valence-electron chi connectivity index (χ2n) is 6.41. The minimum absolute atomic E-state index is 0.0136. The largest absolute Gasteiger partial charge is 0.373 e. The van der Waals surface area contributed by atoms with E-state index in [0.717, 1.165) is 29.9 Å². The number of ether oxygens (including phenoxy) is 1. The van der Waals surface area contributed by atoms with Crippen molar-refractivity contribution in [3.05, 3.63) is 54.6 Å². The van der Waals surface area contributed by atoms with Crippen LogP contribution in [0.5, 0.6) is 0 Å². The monoisotopic (exact) mass is 324 g/mol. The van der Waals surface area contributed by atoms with Crippen LogP contribution < -0.4 is 5.32 Å². The smallest absolute Gasteiger partial charge is 0.238 e. The Bertz CT molecular complexity index is 677. The summed E-state index contributed by atoms with van der Waals surface area (Å²) in [5.41, 5.74) is 2.99. The van der Waals surface area contributed by atoms with Crippen LogP contribution in [0.25, 0.3) is 11.1 Å². The fourth-order valence-corrected chi connectivity index (χ4v) is 3.27. The summed E-state index contributed by atoms with van der Waals surface area (Å²) in [6.07, 6.45) is 0.330. The number of amides is 1. The average Bonchev–Trinajstić information content (AvgIpc) is 2.55. The topological polar surface area (TPSA) is 41.6 Å². The lowest BCUT2D eigenvalue weighted by Gasteiger charge is -2.34. The van der Waals surface area contributed by atoms with Gasteiger partial charge in [0.2, 0.25) is 5.91 Å². The van der Waals surface area contributed by atoms with Crippen molar-refractivity contribution in [2.45, 2.75) is 26.1 Å². The van der Waals surface area contributed by atoms with Crippen LogP contribution in [-0.4, -0.2) is 42.6 Å². The predicted octanol–water partition coefficient (Wildman–Crippen LogP) is 3.40. The second-order valence-corrected chi connectivity index (χ2v) is 6.41. The highest BCUT2D eigenvalue weighted by Crippen LogP contribution is 2.27. The number of nitrogens with one attached hydrogen (secondary N) is 1. The number of hydrogen-bond acceptors (Lipinski definition) is 3. The van der Waals surface area contributed by atoms with E-state index in [1.54, 1.807) is 0 Å². The van der Waals surface area contributed by atoms with Gasteiger partial charge in [0.1, 0.15) is 0 Å². The molecule has 1 aliphatic rings. The number of benzene rings is 2. The fraction of sp³-hybridized carbons (Fsp3) is 0.350. The number of morpholine rings is 1. The highest BCUT2D eigenvalue weighted by molar-refractivity contribution is 5.96. The number of carbonyl (C=O) groups excluding carboxylic acids is 1. The maximum absolute atomic E-state index is 12.5. The Labute approximate surface area is 143 Å². The van der Waals surface area contributed by atoms with Gasteiger partial charge in [0.15, 0.2) is 0 Å². The number of carbonyl (C=O) groups is 1. The lowest BCUT2D eigenvalue weighted by atomic mass is 10.0. The summed E-state index contributed by atoms with van der Waals surface area (Å²) in [7, 11) is 0. The standard InChI is InChI=1S/C20H24N2O2/c1-15-12-22(13-16(2)24-15)14-20(23)21-19-11-7-6-10-18(19)17-8-4-3-5-9-17/h3-11,15-16H,12-14H2,1-2H3,(H,21,23)/t15-,16+. The van der Waals surface area contributed by atoms with E-state index in [0.29, 0.717) is 6.54 Å². The highest BCUT2D eigenvalue weighted by atomic mass is 16.5. The molecule has 1 heterocycles. The average molecular weight is 324 g/mol. The quantitative estimate of drug-likeness (QED) is 0.937. The van der Waals surface area contributed by atoms with Gasteiger partial charge in [-0.2, -0.15) is 0 Å². The van der Waals surface area contributed by atoms with Crippen molar-refractivity contribution in [3.63, 3.8) is 0 Å². The molecular formula is C20H24N2O2. The van der Waals surface area contributed by atoms with Gasteiger partial charge >= 0.3 is 0 Å². The maximum Gasteiger partial charge on any atom is 0.238 e. The molecule has 1 saturated heterocycles. The molecule has 0 bridgehead atoms. The van der Waals surface area contributed by atoms with Crippen molar-refractivity contribution in [3.8, 4) is 11.1 Å². The van der Waals surface area contributed by atoms with Gasteiger partial charge in [-0.25, -0.2) is 0 Å². The van der Waals surface area contributed by atoms with Crippen molar-refractivity contribution in [2.75, 3.05) is 25.0 Å². The second kappa shape index (κ2) is 7.60. The van der Waals surface area contributed by atoms with Gasteiger partial charge in [-0.05, 0) is 25.5 Å². The molecule has 0 radical (unpaired) electrons. The molecule has 2 atom stereocenters. The third-order valence-corrected chi connectivity index (χ3v) is 4.15. The van der Waals surface area contributed by atoms with Gasteiger partial charge in [0.05, 0.1) is 18.8 Å². The number of nitrogens with zero attached hydrogens (tertiary/aromatic N) is 1. The zero-order valence-corrected chi connectivity index (χ0v) is 14.2. The summed E-state index contributed by atoms with van der Waals surface area (Å²) in [6.45, 7) is 6.06. The van der Waals surface area contributed by atoms with Crippen LogP contribution in [0.3, 0.4) is 0 Å². The maximum atomic E-state index is 12.5. The zero-order chi connectivity index (χ0) is 16.9. The first-order valence-corrected chi connectivity index (χ1v) is 8.44. The van der Waals surface area contributed by atoms with Crippen molar-refractivity contribution in [2.24, 2.45) is 0 Å². The number of para-hydroxylation sites is 1. The SMILES string of the molecule is C[C@@H]1CN(CC(=O)Nc2ccccc2-c2ccccc2)C[C@H](C)O1. The number of anilines is 1. The molecule has 126 valence electrons. The molecule has 24 heavy (non-hydrogen) atoms. The first-order valence-electron chi connectivity index (χ1n) is 8.44. The Morgan fingerprint density at radius 3 is 2.38 bits per heavy atom. The molecule has 2 aromatic rings. The molecule has 4 nitrogen and oxygen atoms in total. The predicted molar refractivity (Wildman–Crippen MR) is 97.0 cm³/mol. The van der Waals surface area contributed by atoms with Crippen molar-refractivity contribution in [1.29, 1.82) is 0 Å². The van der Waals surface area contributed by atoms with Crippen LogP contribution in [0.2, 0.25) is 0 Å². The van der Waals surface area contributed by atoms with Crippen LogP contribution in [0.1, 0.15) is 13.8 Å². The molecule has 0 aliphatic carbocycles. The lowest BCUT2D eigenvalue weighted by molar-refractivity contribution is -0.121. The van der Waals surface area contributed by atoms with E-state index in [1.165, 1.54) is 0 Å². The molecular weight excluding hydrogens is 300 g/mol. The summed E-state index contributed by atoms with van der Waals surface area (Å²) < 4.78 is 5.72. The van der Waals surface area contributed by atoms with Gasteiger partial charge < -0.3 is 10.1 Å². The van der Waals surface area contributed by atoms with Gasteiger partial charge in [0.25, 0.3) is 0 Å². The van der Waals surface area contributed by atoms with Gasteiger partial charge in [-0.3, -0.25) is 9.69 Å². The number of rotatable bonds is 4. The molecule has 4 heteroatoms. The molecule has 1 N–H and O–H groups in total. The first kappa shape index (κ1) is 16.7. The van der Waals surface area contributed by atoms with E-state index in [4.69, 9.17) is 4.74 Å². The minimum atomic E-state index is 0.0136. The molecule has 2 aromatic carbocycles. The molecule has 0 unspecified atom stereocenters. The Balaban J connectivity index is 1.69. The highest BCUT2D eigenvalue weighted by Gasteiger charge is 2.23. The van der Waals surface area contributed by atoms with Crippen molar-refractivity contribution >= 4 is 11.6 Å². The molecule has 1 aliphatic heterocycles. The third kappa shape index (κ3) is 4.22. The molecule has 0 spiro atoms. The summed E-state index contributed by atoms with van der Waals surface area (Å²) in [5.74, 6) is 0.0136. The van der Waals surface area contributed by atoms with Crippen LogP contribution in [-0.2, 0) is 9.53 Å². The first-order chi connectivity index (χ1) is 11.6. The van der Waals surface area contributed by atoms with E-state index in [1.807, 2.05) is 56.3 Å². The van der Waals surface area contributed by atoms with E-state index < -0.39 is 0 Å². The minimum Gasteiger partial charge on any atom is -0.373 e. The molecule has 0 saturated carbocycles. The molecule has 3 rings (SSSR count). The van der Waals surface area contributed by atoms with Gasteiger partial charge in [-0.1, -0.05) is 48.5 Å². The van der Waals surface area contributed by atoms with E-state index >= 15 is 0 Å². The third-order valence-electron chi connectivity index (χ3n) is 4.15. The fourth-order valence-electron chi connectivity index (χ4n) is 3.27. The Hall–Kier alpha value is -2.17. The van der Waals surface area contributed by atoms with Crippen LogP contribution in [0, 0.1) is 0 Å². The summed E-state index contributed by atoms with van der Waals surface area (Å²) >= 11 is 0. The molecule has 1 amide bonds. The summed E-state index contributed by atoms with van der Waals surface area (Å²) in [6, 6.07) is 18.0. The van der Waals surface area contributed by atoms with E-state index in [9.17, 15) is 4.79 Å². The Morgan fingerprint density at radius 2 is 1.67 bits per heavy atom. The molecule has 0 aromatic heterocycles. The Morgan fingerprint density at radius 1 is 1.04 bits per heavy atom. The summed E-state index contributed by atoms with van der Waals surface area (Å²) in [4.78, 5) is 14.6. The van der Waals surface area contributed by atoms with Gasteiger partial charge in [-0.15, -0.1) is 0 Å². The lowest BCUT2D eigenvalue weighted by Crippen LogP contribution is -2.48. The van der Waals surface area contributed by atoms with E-state index in [2.05, 4.69) is 22.3 Å². The number of hydrogen-bond donors (Lipinski definition) is 1. The van der Waals surface area contributed by atoms with Crippen molar-refractivity contribution < 1.29 is 9.53 Å². The summed E-state index contributed by atoms with van der Waals surface area (Å²) in [5, 5.41) is 3.06. The van der Waals surface area contributed by atoms with Crippen molar-refractivity contribution in [1.82, 2.24) is 4.90 Å². The normalized spacial score (nSPS) is 21.4. The zero-order valence-electron chi connectivity index (χ0n) is 14.2. The van der Waals surface area contributed by atoms with E-state index in [-0.39, 0.29) is 18.1 Å². The van der Waals surface area contributed by atoms with Gasteiger partial charge in [0, 0.05) is 24.3 Å².